The van der Waals surface area contributed by atoms with Crippen LogP contribution in [0, 0.1) is 0 Å². The molecule has 1 aromatic carbocycles. The van der Waals surface area contributed by atoms with E-state index in [4.69, 9.17) is 4.74 Å². The fraction of sp³-hybridized carbons (Fsp3) is 0.500. The molecule has 1 aliphatic rings. The van der Waals surface area contributed by atoms with Gasteiger partial charge >= 0.3 is 0 Å². The second-order valence-corrected chi connectivity index (χ2v) is 10.7. The van der Waals surface area contributed by atoms with E-state index in [0.717, 1.165) is 12.1 Å². The van der Waals surface area contributed by atoms with Crippen molar-refractivity contribution in [1.82, 2.24) is 27.9 Å². The highest BCUT2D eigenvalue weighted by Gasteiger charge is 2.29. The third-order valence-electron chi connectivity index (χ3n) is 5.99. The summed E-state index contributed by atoms with van der Waals surface area (Å²) in [7, 11) is -0.0598. The van der Waals surface area contributed by atoms with Crippen LogP contribution in [-0.4, -0.2) is 76.2 Å². The number of hydrogen-bond donors (Lipinski definition) is 1. The zero-order valence-corrected chi connectivity index (χ0v) is 21.6. The third kappa shape index (κ3) is 4.35. The van der Waals surface area contributed by atoms with Gasteiger partial charge in [-0.1, -0.05) is 26.2 Å². The minimum Gasteiger partial charge on any atom is -0.493 e. The Morgan fingerprint density at radius 2 is 1.79 bits per heavy atom. The number of aryl methyl sites for hydroxylation is 2. The van der Waals surface area contributed by atoms with Gasteiger partial charge < -0.3 is 9.64 Å². The van der Waals surface area contributed by atoms with Gasteiger partial charge in [0.2, 0.25) is 10.0 Å². The number of benzene rings is 1. The van der Waals surface area contributed by atoms with Crippen molar-refractivity contribution in [3.05, 3.63) is 34.2 Å². The Kier molecular flexibility index (Phi) is 7.04. The molecule has 0 amide bonds. The maximum Gasteiger partial charge on any atom is 0.299 e. The maximum atomic E-state index is 13.4. The molecule has 0 unspecified atom stereocenters. The summed E-state index contributed by atoms with van der Waals surface area (Å²) in [6.45, 7) is 6.40. The van der Waals surface area contributed by atoms with Crippen molar-refractivity contribution in [2.24, 2.45) is 7.05 Å². The predicted octanol–water partition coefficient (Wildman–Crippen LogP) is 1.78. The van der Waals surface area contributed by atoms with Gasteiger partial charge in [-0.15, -0.1) is 0 Å². The topological polar surface area (TPSA) is 103 Å². The minimum absolute atomic E-state index is 0.123. The summed E-state index contributed by atoms with van der Waals surface area (Å²) in [6.07, 6.45) is 1.51. The van der Waals surface area contributed by atoms with Gasteiger partial charge in [0.1, 0.15) is 11.3 Å². The van der Waals surface area contributed by atoms with Crippen molar-refractivity contribution in [3.8, 4) is 17.1 Å². The van der Waals surface area contributed by atoms with E-state index in [0.29, 0.717) is 61.6 Å². The Balaban J connectivity index is 1.91. The largest absolute Gasteiger partial charge is 0.493 e. The summed E-state index contributed by atoms with van der Waals surface area (Å²) in [5.41, 5.74) is 1.58. The van der Waals surface area contributed by atoms with E-state index in [1.54, 1.807) is 13.1 Å². The Morgan fingerprint density at radius 1 is 1.09 bits per heavy atom. The fourth-order valence-corrected chi connectivity index (χ4v) is 6.03. The SMILES string of the molecule is CCCc1nn(C)c2c(=O)nc(-c3cc(S(=O)(=O)N4CCN(C)CC4)ccc3OCC)n(S)c12. The van der Waals surface area contributed by atoms with Crippen LogP contribution in [0.3, 0.4) is 0 Å². The molecule has 0 saturated carbocycles. The molecule has 10 nitrogen and oxygen atoms in total. The van der Waals surface area contributed by atoms with Crippen LogP contribution in [0.4, 0.5) is 0 Å². The Hall–Kier alpha value is -2.41. The van der Waals surface area contributed by atoms with E-state index < -0.39 is 15.6 Å². The first-order valence-corrected chi connectivity index (χ1v) is 13.2. The second kappa shape index (κ2) is 9.68. The molecular formula is C22H30N6O4S2. The first-order chi connectivity index (χ1) is 16.2. The van der Waals surface area contributed by atoms with E-state index in [1.807, 2.05) is 20.9 Å². The predicted molar refractivity (Wildman–Crippen MR) is 134 cm³/mol. The lowest BCUT2D eigenvalue weighted by atomic mass is 10.1. The minimum atomic E-state index is -3.73. The van der Waals surface area contributed by atoms with Crippen molar-refractivity contribution < 1.29 is 13.2 Å². The molecule has 0 aliphatic carbocycles. The van der Waals surface area contributed by atoms with E-state index in [1.165, 1.54) is 25.1 Å². The standard InChI is InChI=1S/C22H30N6O4S2/c1-5-7-17-19-20(26(4)24-17)22(29)23-21(28(19)33)16-14-15(8-9-18(16)32-6-2)34(30,31)27-12-10-25(3)11-13-27/h8-9,14,33H,5-7,10-13H2,1-4H3. The summed E-state index contributed by atoms with van der Waals surface area (Å²) in [4.78, 5) is 19.5. The number of sulfonamides is 1. The lowest BCUT2D eigenvalue weighted by Crippen LogP contribution is -2.47. The number of rotatable bonds is 7. The molecule has 0 spiro atoms. The third-order valence-corrected chi connectivity index (χ3v) is 8.28. The molecule has 3 heterocycles. The number of aromatic nitrogens is 4. The lowest BCUT2D eigenvalue weighted by Gasteiger charge is -2.31. The number of nitrogens with zero attached hydrogens (tertiary/aromatic N) is 6. The molecule has 184 valence electrons. The van der Waals surface area contributed by atoms with E-state index in [9.17, 15) is 13.2 Å². The molecule has 34 heavy (non-hydrogen) atoms. The van der Waals surface area contributed by atoms with Gasteiger partial charge in [-0.25, -0.2) is 8.42 Å². The van der Waals surface area contributed by atoms with Gasteiger partial charge in [0, 0.05) is 33.2 Å². The summed E-state index contributed by atoms with van der Waals surface area (Å²) in [5.74, 6) is 0.639. The Bertz CT molecular complexity index is 1370. The van der Waals surface area contributed by atoms with Crippen molar-refractivity contribution in [3.63, 3.8) is 0 Å². The monoisotopic (exact) mass is 506 g/mol. The molecule has 4 rings (SSSR count). The van der Waals surface area contributed by atoms with Gasteiger partial charge in [0.05, 0.1) is 22.8 Å². The normalized spacial score (nSPS) is 15.8. The van der Waals surface area contributed by atoms with Crippen LogP contribution in [0.5, 0.6) is 5.75 Å². The smallest absolute Gasteiger partial charge is 0.299 e. The highest BCUT2D eigenvalue weighted by Crippen LogP contribution is 2.34. The number of thiol groups is 1. The highest BCUT2D eigenvalue weighted by atomic mass is 32.2. The number of hydrogen-bond acceptors (Lipinski definition) is 8. The first-order valence-electron chi connectivity index (χ1n) is 11.3. The molecule has 0 atom stereocenters. The number of likely N-dealkylation sites (N-methyl/N-ethyl adjacent to an activating group) is 1. The number of ether oxygens (including phenoxy) is 1. The molecule has 2 aromatic heterocycles. The molecule has 0 N–H and O–H groups in total. The summed E-state index contributed by atoms with van der Waals surface area (Å²) in [6, 6.07) is 4.67. The second-order valence-electron chi connectivity index (χ2n) is 8.37. The summed E-state index contributed by atoms with van der Waals surface area (Å²) < 4.78 is 37.1. The quantitative estimate of drug-likeness (QED) is 0.487. The van der Waals surface area contributed by atoms with Crippen LogP contribution >= 0.6 is 12.8 Å². The molecule has 3 aromatic rings. The molecule has 1 saturated heterocycles. The van der Waals surface area contributed by atoms with E-state index in [-0.39, 0.29) is 10.7 Å². The van der Waals surface area contributed by atoms with Crippen LogP contribution < -0.4 is 10.3 Å². The lowest BCUT2D eigenvalue weighted by molar-refractivity contribution is 0.222. The highest BCUT2D eigenvalue weighted by molar-refractivity contribution is 7.89. The molecule has 1 aliphatic heterocycles. The van der Waals surface area contributed by atoms with Crippen LogP contribution in [0.25, 0.3) is 22.4 Å². The van der Waals surface area contributed by atoms with Gasteiger partial charge in [-0.3, -0.25) is 13.4 Å². The van der Waals surface area contributed by atoms with Crippen molar-refractivity contribution in [1.29, 1.82) is 0 Å². The molecule has 12 heteroatoms. The maximum absolute atomic E-state index is 13.4. The number of fused-ring (bicyclic) bond motifs is 1. The van der Waals surface area contributed by atoms with Gasteiger partial charge in [-0.05, 0) is 38.6 Å². The summed E-state index contributed by atoms with van der Waals surface area (Å²) in [5, 5.41) is 4.49. The number of piperazine rings is 1. The van der Waals surface area contributed by atoms with Crippen molar-refractivity contribution in [2.75, 3.05) is 39.8 Å². The zero-order valence-electron chi connectivity index (χ0n) is 19.9. The van der Waals surface area contributed by atoms with Crippen molar-refractivity contribution >= 4 is 33.9 Å². The van der Waals surface area contributed by atoms with Gasteiger partial charge in [0.15, 0.2) is 11.3 Å². The van der Waals surface area contributed by atoms with Crippen LogP contribution in [-0.2, 0) is 23.5 Å². The Labute approximate surface area is 204 Å². The molecular weight excluding hydrogens is 476 g/mol. The van der Waals surface area contributed by atoms with Gasteiger partial charge in [0.25, 0.3) is 5.56 Å². The van der Waals surface area contributed by atoms with E-state index >= 15 is 0 Å². The molecule has 0 radical (unpaired) electrons. The average molecular weight is 507 g/mol. The van der Waals surface area contributed by atoms with Crippen LogP contribution in [0.1, 0.15) is 26.0 Å². The molecule has 0 bridgehead atoms. The first kappa shape index (κ1) is 24.7. The fourth-order valence-electron chi connectivity index (χ4n) is 4.22. The van der Waals surface area contributed by atoms with Crippen LogP contribution in [0.2, 0.25) is 0 Å². The summed E-state index contributed by atoms with van der Waals surface area (Å²) >= 11 is 4.67. The van der Waals surface area contributed by atoms with E-state index in [2.05, 4.69) is 27.8 Å². The molecule has 1 fully saturated rings. The average Bonchev–Trinajstić information content (AvgIpc) is 3.14. The van der Waals surface area contributed by atoms with Gasteiger partial charge in [-0.2, -0.15) is 14.4 Å². The van der Waals surface area contributed by atoms with Crippen LogP contribution in [0.15, 0.2) is 27.9 Å². The Morgan fingerprint density at radius 3 is 2.44 bits per heavy atom. The zero-order chi connectivity index (χ0) is 24.6. The van der Waals surface area contributed by atoms with Crippen molar-refractivity contribution in [2.45, 2.75) is 31.6 Å².